The molecule has 1 aliphatic heterocycles. The highest BCUT2D eigenvalue weighted by atomic mass is 16.5. The molecule has 37 heavy (non-hydrogen) atoms. The highest BCUT2D eigenvalue weighted by Crippen LogP contribution is 2.41. The molecule has 186 valence electrons. The van der Waals surface area contributed by atoms with Crippen molar-refractivity contribution < 1.29 is 9.53 Å². The molecule has 0 spiro atoms. The van der Waals surface area contributed by atoms with Gasteiger partial charge >= 0.3 is 0 Å². The molecule has 0 radical (unpaired) electrons. The van der Waals surface area contributed by atoms with Crippen LogP contribution in [-0.4, -0.2) is 34.6 Å². The minimum Gasteiger partial charge on any atom is -0.489 e. The van der Waals surface area contributed by atoms with Crippen LogP contribution in [0.25, 0.3) is 11.4 Å². The Morgan fingerprint density at radius 3 is 2.46 bits per heavy atom. The first-order chi connectivity index (χ1) is 18.1. The van der Waals surface area contributed by atoms with Gasteiger partial charge in [-0.1, -0.05) is 42.5 Å². The molecule has 1 atom stereocenters. The van der Waals surface area contributed by atoms with Gasteiger partial charge in [0.2, 0.25) is 5.95 Å². The van der Waals surface area contributed by atoms with E-state index in [1.807, 2.05) is 85.5 Å². The predicted molar refractivity (Wildman–Crippen MR) is 145 cm³/mol. The smallest absolute Gasteiger partial charge is 0.226 e. The first-order valence-electron chi connectivity index (χ1n) is 12.6. The van der Waals surface area contributed by atoms with Crippen molar-refractivity contribution >= 4 is 17.4 Å². The van der Waals surface area contributed by atoms with E-state index in [9.17, 15) is 4.79 Å². The fourth-order valence-corrected chi connectivity index (χ4v) is 4.98. The SMILES string of the molecule is CN(C)c1ccc(-c2nc3n(n2)C(c2ccc(OCc4ccccc4)cc2)C2=C(CCCC2=O)N3)cc1. The van der Waals surface area contributed by atoms with E-state index in [1.165, 1.54) is 0 Å². The van der Waals surface area contributed by atoms with Crippen LogP contribution in [0.3, 0.4) is 0 Å². The summed E-state index contributed by atoms with van der Waals surface area (Å²) in [4.78, 5) is 20.0. The molecule has 1 N–H and O–H groups in total. The average Bonchev–Trinajstić information content (AvgIpc) is 3.36. The number of anilines is 2. The molecule has 3 aromatic carbocycles. The lowest BCUT2D eigenvalue weighted by atomic mass is 9.85. The molecule has 4 aromatic rings. The Kier molecular flexibility index (Phi) is 5.96. The van der Waals surface area contributed by atoms with Crippen LogP contribution >= 0.6 is 0 Å². The van der Waals surface area contributed by atoms with E-state index in [2.05, 4.69) is 22.3 Å². The van der Waals surface area contributed by atoms with Crippen LogP contribution in [0.4, 0.5) is 11.6 Å². The molecule has 0 fully saturated rings. The Balaban J connectivity index is 1.33. The molecule has 0 saturated heterocycles. The number of rotatable bonds is 6. The van der Waals surface area contributed by atoms with Crippen molar-refractivity contribution in [3.05, 3.63) is 101 Å². The second-order valence-corrected chi connectivity index (χ2v) is 9.68. The van der Waals surface area contributed by atoms with Crippen molar-refractivity contribution in [3.8, 4) is 17.1 Å². The third-order valence-electron chi connectivity index (χ3n) is 6.95. The third kappa shape index (κ3) is 4.48. The van der Waals surface area contributed by atoms with Crippen molar-refractivity contribution in [1.82, 2.24) is 14.8 Å². The standard InChI is InChI=1S/C30H29N5O2/c1-34(2)23-15-11-22(12-16-23)29-32-30-31-25-9-6-10-26(36)27(25)28(35(30)33-29)21-13-17-24(18-14-21)37-19-20-7-4-3-5-8-20/h3-5,7-8,11-18,28H,6,9-10,19H2,1-2H3,(H,31,32,33). The maximum Gasteiger partial charge on any atom is 0.226 e. The zero-order valence-electron chi connectivity index (χ0n) is 21.0. The fourth-order valence-electron chi connectivity index (χ4n) is 4.98. The Morgan fingerprint density at radius 2 is 1.73 bits per heavy atom. The quantitative estimate of drug-likeness (QED) is 0.378. The van der Waals surface area contributed by atoms with Gasteiger partial charge in [0.1, 0.15) is 18.4 Å². The summed E-state index contributed by atoms with van der Waals surface area (Å²) in [5.41, 5.74) is 5.89. The second-order valence-electron chi connectivity index (χ2n) is 9.68. The van der Waals surface area contributed by atoms with Crippen molar-refractivity contribution in [2.24, 2.45) is 0 Å². The Hall–Kier alpha value is -4.39. The molecule has 2 aliphatic rings. The van der Waals surface area contributed by atoms with Crippen molar-refractivity contribution in [2.45, 2.75) is 31.9 Å². The number of allylic oxidation sites excluding steroid dienone is 2. The fraction of sp³-hybridized carbons (Fsp3) is 0.233. The van der Waals surface area contributed by atoms with E-state index >= 15 is 0 Å². The lowest BCUT2D eigenvalue weighted by molar-refractivity contribution is -0.116. The van der Waals surface area contributed by atoms with Crippen LogP contribution in [0.2, 0.25) is 0 Å². The summed E-state index contributed by atoms with van der Waals surface area (Å²) in [5, 5.41) is 8.30. The highest BCUT2D eigenvalue weighted by molar-refractivity contribution is 5.99. The number of carbonyl (C=O) groups is 1. The third-order valence-corrected chi connectivity index (χ3v) is 6.95. The normalized spacial score (nSPS) is 16.6. The topological polar surface area (TPSA) is 72.3 Å². The number of hydrogen-bond donors (Lipinski definition) is 1. The molecule has 0 bridgehead atoms. The number of Topliss-reactive ketones (excluding diaryl/α,β-unsaturated/α-hetero) is 1. The lowest BCUT2D eigenvalue weighted by Crippen LogP contribution is -2.31. The lowest BCUT2D eigenvalue weighted by Gasteiger charge is -2.32. The largest absolute Gasteiger partial charge is 0.489 e. The van der Waals surface area contributed by atoms with Gasteiger partial charge in [0.25, 0.3) is 0 Å². The molecule has 1 unspecified atom stereocenters. The minimum absolute atomic E-state index is 0.168. The number of nitrogens with one attached hydrogen (secondary N) is 1. The van der Waals surface area contributed by atoms with Crippen molar-refractivity contribution in [2.75, 3.05) is 24.3 Å². The molecular weight excluding hydrogens is 462 g/mol. The summed E-state index contributed by atoms with van der Waals surface area (Å²) in [6, 6.07) is 25.9. The minimum atomic E-state index is -0.329. The number of hydrogen-bond acceptors (Lipinski definition) is 6. The molecule has 0 amide bonds. The maximum absolute atomic E-state index is 13.1. The number of ether oxygens (including phenoxy) is 1. The van der Waals surface area contributed by atoms with Gasteiger partial charge in [-0.15, -0.1) is 5.10 Å². The number of nitrogens with zero attached hydrogens (tertiary/aromatic N) is 4. The number of aromatic nitrogens is 3. The summed E-state index contributed by atoms with van der Waals surface area (Å²) < 4.78 is 7.85. The van der Waals surface area contributed by atoms with E-state index in [0.29, 0.717) is 24.8 Å². The van der Waals surface area contributed by atoms with E-state index in [-0.39, 0.29) is 11.8 Å². The summed E-state index contributed by atoms with van der Waals surface area (Å²) in [7, 11) is 4.03. The molecule has 7 nitrogen and oxygen atoms in total. The Labute approximate surface area is 216 Å². The number of ketones is 1. The molecule has 0 saturated carbocycles. The van der Waals surface area contributed by atoms with E-state index in [1.54, 1.807) is 0 Å². The molecule has 2 heterocycles. The van der Waals surface area contributed by atoms with Crippen LogP contribution in [0.15, 0.2) is 90.1 Å². The first-order valence-corrected chi connectivity index (χ1v) is 12.6. The number of fused-ring (bicyclic) bond motifs is 1. The van der Waals surface area contributed by atoms with E-state index in [0.717, 1.165) is 52.2 Å². The molecule has 6 rings (SSSR count). The van der Waals surface area contributed by atoms with Gasteiger partial charge in [0, 0.05) is 43.0 Å². The van der Waals surface area contributed by atoms with Gasteiger partial charge in [-0.25, -0.2) is 4.68 Å². The summed E-state index contributed by atoms with van der Waals surface area (Å²) >= 11 is 0. The highest BCUT2D eigenvalue weighted by Gasteiger charge is 2.36. The average molecular weight is 492 g/mol. The van der Waals surface area contributed by atoms with Gasteiger partial charge in [-0.3, -0.25) is 4.79 Å². The van der Waals surface area contributed by atoms with E-state index < -0.39 is 0 Å². The van der Waals surface area contributed by atoms with Gasteiger partial charge in [-0.05, 0) is 60.4 Å². The van der Waals surface area contributed by atoms with E-state index in [4.69, 9.17) is 14.8 Å². The van der Waals surface area contributed by atoms with Crippen LogP contribution in [0.5, 0.6) is 5.75 Å². The van der Waals surface area contributed by atoms with Crippen LogP contribution in [0, 0.1) is 0 Å². The first kappa shape index (κ1) is 23.0. The second kappa shape index (κ2) is 9.58. The van der Waals surface area contributed by atoms with Gasteiger partial charge < -0.3 is 15.0 Å². The van der Waals surface area contributed by atoms with Crippen molar-refractivity contribution in [1.29, 1.82) is 0 Å². The summed E-state index contributed by atoms with van der Waals surface area (Å²) in [5.74, 6) is 2.25. The zero-order valence-corrected chi connectivity index (χ0v) is 21.0. The van der Waals surface area contributed by atoms with Gasteiger partial charge in [0.05, 0.1) is 0 Å². The van der Waals surface area contributed by atoms with Gasteiger partial charge in [-0.2, -0.15) is 4.98 Å². The van der Waals surface area contributed by atoms with Crippen LogP contribution in [0.1, 0.15) is 36.4 Å². The monoisotopic (exact) mass is 491 g/mol. The molecule has 7 heteroatoms. The Morgan fingerprint density at radius 1 is 0.973 bits per heavy atom. The maximum atomic E-state index is 13.1. The number of benzene rings is 3. The van der Waals surface area contributed by atoms with Gasteiger partial charge in [0.15, 0.2) is 11.6 Å². The molecule has 1 aliphatic carbocycles. The number of carbonyl (C=O) groups excluding carboxylic acids is 1. The molecular formula is C30H29N5O2. The summed E-state index contributed by atoms with van der Waals surface area (Å²) in [6.07, 6.45) is 2.23. The molecule has 1 aromatic heterocycles. The summed E-state index contributed by atoms with van der Waals surface area (Å²) in [6.45, 7) is 0.504. The predicted octanol–water partition coefficient (Wildman–Crippen LogP) is 5.61. The van der Waals surface area contributed by atoms with Crippen molar-refractivity contribution in [3.63, 3.8) is 0 Å². The van der Waals surface area contributed by atoms with Crippen LogP contribution in [-0.2, 0) is 11.4 Å². The van der Waals surface area contributed by atoms with Crippen LogP contribution < -0.4 is 15.0 Å². The Bertz CT molecular complexity index is 1450. The zero-order chi connectivity index (χ0) is 25.4.